The summed E-state index contributed by atoms with van der Waals surface area (Å²) in [5, 5.41) is 8.40. The zero-order valence-corrected chi connectivity index (χ0v) is 12.8. The van der Waals surface area contributed by atoms with Crippen LogP contribution >= 0.6 is 0 Å². The molecule has 1 fully saturated rings. The fourth-order valence-corrected chi connectivity index (χ4v) is 3.11. The second kappa shape index (κ2) is 4.86. The highest BCUT2D eigenvalue weighted by molar-refractivity contribution is 7.88. The Morgan fingerprint density at radius 2 is 1.84 bits per heavy atom. The molecule has 0 aromatic carbocycles. The molecule has 0 saturated carbocycles. The van der Waals surface area contributed by atoms with Gasteiger partial charge in [-0.1, -0.05) is 26.0 Å². The highest BCUT2D eigenvalue weighted by Gasteiger charge is 2.27. The Bertz CT molecular complexity index is 536. The van der Waals surface area contributed by atoms with Gasteiger partial charge in [-0.2, -0.15) is 0 Å². The summed E-state index contributed by atoms with van der Waals surface area (Å²) in [5.41, 5.74) is 0.962. The largest absolute Gasteiger partial charge is 0.249 e. The number of sulfonamides is 1. The maximum atomic E-state index is 11.5. The molecule has 1 aliphatic rings. The van der Waals surface area contributed by atoms with Crippen molar-refractivity contribution in [3.05, 3.63) is 11.9 Å². The van der Waals surface area contributed by atoms with Crippen LogP contribution < -0.4 is 0 Å². The lowest BCUT2D eigenvalue weighted by Crippen LogP contribution is -2.38. The Morgan fingerprint density at radius 1 is 1.26 bits per heavy atom. The van der Waals surface area contributed by atoms with Crippen LogP contribution in [0.15, 0.2) is 6.20 Å². The lowest BCUT2D eigenvalue weighted by atomic mass is 9.93. The van der Waals surface area contributed by atoms with Gasteiger partial charge in [0.15, 0.2) is 0 Å². The van der Waals surface area contributed by atoms with Crippen LogP contribution in [0.4, 0.5) is 0 Å². The maximum Gasteiger partial charge on any atom is 0.211 e. The van der Waals surface area contributed by atoms with E-state index in [1.54, 1.807) is 0 Å². The first-order valence-electron chi connectivity index (χ1n) is 6.55. The van der Waals surface area contributed by atoms with E-state index < -0.39 is 10.0 Å². The zero-order valence-electron chi connectivity index (χ0n) is 12.0. The molecule has 0 unspecified atom stereocenters. The second-order valence-corrected chi connectivity index (χ2v) is 8.21. The zero-order chi connectivity index (χ0) is 14.3. The molecular weight excluding hydrogens is 264 g/mol. The van der Waals surface area contributed by atoms with Gasteiger partial charge >= 0.3 is 0 Å². The number of nitrogens with zero attached hydrogens (tertiary/aromatic N) is 4. The number of hydrogen-bond donors (Lipinski definition) is 0. The molecule has 1 saturated heterocycles. The molecule has 108 valence electrons. The summed E-state index contributed by atoms with van der Waals surface area (Å²) < 4.78 is 26.3. The van der Waals surface area contributed by atoms with Crippen molar-refractivity contribution < 1.29 is 8.42 Å². The number of hydrogen-bond acceptors (Lipinski definition) is 4. The first-order chi connectivity index (χ1) is 8.68. The van der Waals surface area contributed by atoms with Crippen LogP contribution in [0.3, 0.4) is 0 Å². The summed E-state index contributed by atoms with van der Waals surface area (Å²) in [5.74, 6) is 0. The van der Waals surface area contributed by atoms with Crippen LogP contribution in [0.2, 0.25) is 0 Å². The summed E-state index contributed by atoms with van der Waals surface area (Å²) >= 11 is 0. The van der Waals surface area contributed by atoms with Crippen LogP contribution in [0.5, 0.6) is 0 Å². The molecule has 1 aromatic heterocycles. The molecule has 7 heteroatoms. The van der Waals surface area contributed by atoms with Gasteiger partial charge in [0.1, 0.15) is 0 Å². The molecule has 0 atom stereocenters. The van der Waals surface area contributed by atoms with Crippen molar-refractivity contribution in [2.24, 2.45) is 0 Å². The lowest BCUT2D eigenvalue weighted by molar-refractivity contribution is 0.259. The standard InChI is InChI=1S/C12H22N4O2S/c1-12(2,3)11-9-16(14-13-11)10-5-7-15(8-6-10)19(4,17)18/h9-10H,5-8H2,1-4H3. The van der Waals surface area contributed by atoms with Crippen molar-refractivity contribution in [1.29, 1.82) is 0 Å². The SMILES string of the molecule is CC(C)(C)c1cn(C2CCN(S(C)(=O)=O)CC2)nn1. The quantitative estimate of drug-likeness (QED) is 0.818. The first kappa shape index (κ1) is 14.5. The molecule has 0 N–H and O–H groups in total. The Hall–Kier alpha value is -0.950. The van der Waals surface area contributed by atoms with Gasteiger partial charge in [0.25, 0.3) is 0 Å². The monoisotopic (exact) mass is 286 g/mol. The van der Waals surface area contributed by atoms with Gasteiger partial charge in [-0.25, -0.2) is 17.4 Å². The third-order valence-electron chi connectivity index (χ3n) is 3.55. The van der Waals surface area contributed by atoms with Crippen molar-refractivity contribution in [2.75, 3.05) is 19.3 Å². The molecule has 0 aliphatic carbocycles. The van der Waals surface area contributed by atoms with Crippen molar-refractivity contribution in [3.63, 3.8) is 0 Å². The van der Waals surface area contributed by atoms with Crippen molar-refractivity contribution in [3.8, 4) is 0 Å². The fourth-order valence-electron chi connectivity index (χ4n) is 2.24. The minimum atomic E-state index is -3.06. The van der Waals surface area contributed by atoms with E-state index in [1.807, 2.05) is 10.9 Å². The van der Waals surface area contributed by atoms with Crippen LogP contribution in [-0.4, -0.2) is 47.1 Å². The van der Waals surface area contributed by atoms with E-state index in [0.29, 0.717) is 13.1 Å². The maximum absolute atomic E-state index is 11.5. The molecule has 0 bridgehead atoms. The van der Waals surface area contributed by atoms with Gasteiger partial charge in [-0.15, -0.1) is 5.10 Å². The van der Waals surface area contributed by atoms with Gasteiger partial charge in [-0.3, -0.25) is 0 Å². The molecule has 0 spiro atoms. The fraction of sp³-hybridized carbons (Fsp3) is 0.833. The third kappa shape index (κ3) is 3.33. The van der Waals surface area contributed by atoms with Gasteiger partial charge in [0, 0.05) is 24.7 Å². The summed E-state index contributed by atoms with van der Waals surface area (Å²) in [6.45, 7) is 7.44. The molecule has 19 heavy (non-hydrogen) atoms. The van der Waals surface area contributed by atoms with Crippen LogP contribution in [0, 0.1) is 0 Å². The average molecular weight is 286 g/mol. The Kier molecular flexibility index (Phi) is 3.70. The molecule has 0 amide bonds. The van der Waals surface area contributed by atoms with Gasteiger partial charge in [0.05, 0.1) is 18.0 Å². The molecule has 1 aliphatic heterocycles. The summed E-state index contributed by atoms with van der Waals surface area (Å²) in [6.07, 6.45) is 4.83. The van der Waals surface area contributed by atoms with Crippen molar-refractivity contribution >= 4 is 10.0 Å². The van der Waals surface area contributed by atoms with E-state index in [4.69, 9.17) is 0 Å². The van der Waals surface area contributed by atoms with Gasteiger partial charge in [0.2, 0.25) is 10.0 Å². The molecule has 1 aromatic rings. The third-order valence-corrected chi connectivity index (χ3v) is 4.85. The first-order valence-corrected chi connectivity index (χ1v) is 8.40. The lowest BCUT2D eigenvalue weighted by Gasteiger charge is -2.29. The highest BCUT2D eigenvalue weighted by atomic mass is 32.2. The predicted molar refractivity (Wildman–Crippen MR) is 73.4 cm³/mol. The Labute approximate surface area is 114 Å². The summed E-state index contributed by atoms with van der Waals surface area (Å²) in [4.78, 5) is 0. The minimum Gasteiger partial charge on any atom is -0.249 e. The molecular formula is C12H22N4O2S. The highest BCUT2D eigenvalue weighted by Crippen LogP contribution is 2.25. The number of aromatic nitrogens is 3. The smallest absolute Gasteiger partial charge is 0.211 e. The number of rotatable bonds is 2. The van der Waals surface area contributed by atoms with Crippen LogP contribution in [0.25, 0.3) is 0 Å². The van der Waals surface area contributed by atoms with Crippen molar-refractivity contribution in [2.45, 2.75) is 45.1 Å². The van der Waals surface area contributed by atoms with E-state index in [1.165, 1.54) is 10.6 Å². The van der Waals surface area contributed by atoms with E-state index in [2.05, 4.69) is 31.1 Å². The Balaban J connectivity index is 2.04. The van der Waals surface area contributed by atoms with Gasteiger partial charge in [-0.05, 0) is 12.8 Å². The van der Waals surface area contributed by atoms with Crippen molar-refractivity contribution in [1.82, 2.24) is 19.3 Å². The molecule has 6 nitrogen and oxygen atoms in total. The van der Waals surface area contributed by atoms with E-state index in [0.717, 1.165) is 18.5 Å². The topological polar surface area (TPSA) is 68.1 Å². The van der Waals surface area contributed by atoms with E-state index in [9.17, 15) is 8.42 Å². The molecule has 2 rings (SSSR count). The predicted octanol–water partition coefficient (Wildman–Crippen LogP) is 1.17. The van der Waals surface area contributed by atoms with Crippen LogP contribution in [-0.2, 0) is 15.4 Å². The summed E-state index contributed by atoms with van der Waals surface area (Å²) in [6, 6.07) is 0.251. The normalized spacial score (nSPS) is 19.8. The summed E-state index contributed by atoms with van der Waals surface area (Å²) in [7, 11) is -3.06. The van der Waals surface area contributed by atoms with E-state index in [-0.39, 0.29) is 11.5 Å². The molecule has 0 radical (unpaired) electrons. The Morgan fingerprint density at radius 3 is 2.26 bits per heavy atom. The van der Waals surface area contributed by atoms with Crippen LogP contribution in [0.1, 0.15) is 45.3 Å². The second-order valence-electron chi connectivity index (χ2n) is 6.23. The minimum absolute atomic E-state index is 0.00822. The molecule has 2 heterocycles. The average Bonchev–Trinajstić information content (AvgIpc) is 2.77. The van der Waals surface area contributed by atoms with E-state index >= 15 is 0 Å². The number of piperidine rings is 1. The van der Waals surface area contributed by atoms with Gasteiger partial charge < -0.3 is 0 Å².